The molecule has 0 N–H and O–H groups in total. The summed E-state index contributed by atoms with van der Waals surface area (Å²) in [5, 5.41) is 8.24. The van der Waals surface area contributed by atoms with E-state index in [4.69, 9.17) is 0 Å². The van der Waals surface area contributed by atoms with E-state index in [0.717, 1.165) is 6.42 Å². The predicted octanol–water partition coefficient (Wildman–Crippen LogP) is 10.7. The van der Waals surface area contributed by atoms with E-state index in [0.29, 0.717) is 11.8 Å². The molecule has 7 rings (SSSR count). The van der Waals surface area contributed by atoms with E-state index in [9.17, 15) is 0 Å². The van der Waals surface area contributed by atoms with Crippen LogP contribution in [-0.4, -0.2) is 0 Å². The highest BCUT2D eigenvalue weighted by molar-refractivity contribution is 8.05. The van der Waals surface area contributed by atoms with Gasteiger partial charge >= 0.3 is 0 Å². The van der Waals surface area contributed by atoms with Crippen LogP contribution < -0.4 is 0 Å². The Kier molecular flexibility index (Phi) is 5.30. The second-order valence-electron chi connectivity index (χ2n) is 10.4. The van der Waals surface area contributed by atoms with Crippen LogP contribution in [0.15, 0.2) is 111 Å². The van der Waals surface area contributed by atoms with E-state index in [-0.39, 0.29) is 0 Å². The minimum Gasteiger partial charge on any atom is -0.0874 e. The first-order valence-corrected chi connectivity index (χ1v) is 14.5. The average Bonchev–Trinajstić information content (AvgIpc) is 2.90. The molecule has 0 nitrogen and oxygen atoms in total. The molecule has 1 aliphatic heterocycles. The smallest absolute Gasteiger partial charge is 0.0299 e. The Morgan fingerprint density at radius 1 is 0.556 bits per heavy atom. The summed E-state index contributed by atoms with van der Waals surface area (Å²) in [5.41, 5.74) is 4.40. The van der Waals surface area contributed by atoms with Crippen molar-refractivity contribution < 1.29 is 0 Å². The van der Waals surface area contributed by atoms with Crippen molar-refractivity contribution in [3.8, 4) is 0 Å². The van der Waals surface area contributed by atoms with Crippen molar-refractivity contribution in [1.82, 2.24) is 0 Å². The van der Waals surface area contributed by atoms with Gasteiger partial charge in [-0.25, -0.2) is 0 Å². The molecule has 1 aliphatic rings. The second kappa shape index (κ2) is 8.57. The van der Waals surface area contributed by atoms with Gasteiger partial charge < -0.3 is 0 Å². The summed E-state index contributed by atoms with van der Waals surface area (Å²) in [6, 6.07) is 34.2. The number of rotatable bonds is 4. The fourth-order valence-electron chi connectivity index (χ4n) is 5.92. The monoisotopic (exact) mass is 500 g/mol. The Hall–Kier alpha value is -2.94. The molecule has 6 aromatic rings. The SMILES string of the molecule is CC(C)c1ccc(CC(C)c2ccc3ccc4cccc5ccc2c3c45)c2c1Sc1ccccc1S2. The van der Waals surface area contributed by atoms with Gasteiger partial charge in [0.15, 0.2) is 0 Å². The van der Waals surface area contributed by atoms with E-state index in [1.54, 1.807) is 0 Å². The molecule has 0 fully saturated rings. The van der Waals surface area contributed by atoms with Crippen LogP contribution >= 0.6 is 23.5 Å². The Bertz CT molecular complexity index is 1750. The quantitative estimate of drug-likeness (QED) is 0.220. The molecule has 0 aliphatic carbocycles. The number of hydrogen-bond donors (Lipinski definition) is 0. The van der Waals surface area contributed by atoms with Crippen molar-refractivity contribution in [3.05, 3.63) is 108 Å². The third-order valence-electron chi connectivity index (χ3n) is 7.74. The van der Waals surface area contributed by atoms with Gasteiger partial charge in [0.2, 0.25) is 0 Å². The van der Waals surface area contributed by atoms with E-state index >= 15 is 0 Å². The zero-order valence-electron chi connectivity index (χ0n) is 20.8. The lowest BCUT2D eigenvalue weighted by molar-refractivity contribution is 0.742. The standard InChI is InChI=1S/C34H28S2/c1-20(2)26-16-15-25(33-34(26)36-30-10-5-4-9-29(30)35-33)19-21(3)27-17-13-24-12-11-22-7-6-8-23-14-18-28(27)32(24)31(22)23/h4-18,20-21H,19H2,1-3H3. The maximum Gasteiger partial charge on any atom is 0.0299 e. The van der Waals surface area contributed by atoms with Gasteiger partial charge in [0.05, 0.1) is 0 Å². The molecule has 0 bridgehead atoms. The first-order chi connectivity index (χ1) is 17.6. The van der Waals surface area contributed by atoms with E-state index in [2.05, 4.69) is 112 Å². The van der Waals surface area contributed by atoms with Crippen molar-refractivity contribution in [2.45, 2.75) is 58.6 Å². The van der Waals surface area contributed by atoms with Gasteiger partial charge in [-0.2, -0.15) is 0 Å². The third-order valence-corrected chi connectivity index (χ3v) is 10.5. The number of hydrogen-bond acceptors (Lipinski definition) is 2. The van der Waals surface area contributed by atoms with Gasteiger partial charge in [0, 0.05) is 19.6 Å². The van der Waals surface area contributed by atoms with Crippen LogP contribution in [0, 0.1) is 0 Å². The highest BCUT2D eigenvalue weighted by Gasteiger charge is 2.25. The van der Waals surface area contributed by atoms with Gasteiger partial charge in [0.25, 0.3) is 0 Å². The minimum atomic E-state index is 0.423. The van der Waals surface area contributed by atoms with Crippen molar-refractivity contribution in [3.63, 3.8) is 0 Å². The molecule has 0 aromatic heterocycles. The van der Waals surface area contributed by atoms with Crippen molar-refractivity contribution in [2.75, 3.05) is 0 Å². The van der Waals surface area contributed by atoms with Crippen molar-refractivity contribution in [2.24, 2.45) is 0 Å². The lowest BCUT2D eigenvalue weighted by atomic mass is 9.85. The maximum atomic E-state index is 2.41. The Morgan fingerprint density at radius 2 is 1.17 bits per heavy atom. The summed E-state index contributed by atoms with van der Waals surface area (Å²) in [6.45, 7) is 7.03. The zero-order chi connectivity index (χ0) is 24.4. The molecule has 0 spiro atoms. The molecule has 0 amide bonds. The van der Waals surface area contributed by atoms with Crippen LogP contribution in [0.5, 0.6) is 0 Å². The lowest BCUT2D eigenvalue weighted by Crippen LogP contribution is -2.05. The first-order valence-electron chi connectivity index (χ1n) is 12.9. The van der Waals surface area contributed by atoms with Gasteiger partial charge in [-0.15, -0.1) is 0 Å². The normalized spacial score (nSPS) is 14.0. The molecular weight excluding hydrogens is 473 g/mol. The summed E-state index contributed by atoms with van der Waals surface area (Å²) >= 11 is 3.93. The molecular formula is C34H28S2. The van der Waals surface area contributed by atoms with Crippen LogP contribution in [-0.2, 0) is 6.42 Å². The summed E-state index contributed by atoms with van der Waals surface area (Å²) < 4.78 is 0. The zero-order valence-corrected chi connectivity index (χ0v) is 22.5. The van der Waals surface area contributed by atoms with Crippen LogP contribution in [0.2, 0.25) is 0 Å². The summed E-state index contributed by atoms with van der Waals surface area (Å²) in [6.07, 6.45) is 1.04. The maximum absolute atomic E-state index is 2.41. The largest absolute Gasteiger partial charge is 0.0874 e. The van der Waals surface area contributed by atoms with Crippen LogP contribution in [0.4, 0.5) is 0 Å². The molecule has 6 aromatic carbocycles. The molecule has 1 atom stereocenters. The second-order valence-corrected chi connectivity index (χ2v) is 12.5. The predicted molar refractivity (Wildman–Crippen MR) is 157 cm³/mol. The van der Waals surface area contributed by atoms with Crippen molar-refractivity contribution >= 4 is 55.8 Å². The molecule has 176 valence electrons. The summed E-state index contributed by atoms with van der Waals surface area (Å²) in [5.74, 6) is 0.937. The first kappa shape index (κ1) is 22.3. The Balaban J connectivity index is 1.34. The fourth-order valence-corrected chi connectivity index (χ4v) is 8.63. The highest BCUT2D eigenvalue weighted by atomic mass is 32.2. The molecule has 0 saturated carbocycles. The lowest BCUT2D eigenvalue weighted by Gasteiger charge is -2.26. The fraction of sp³-hybridized carbons (Fsp3) is 0.176. The molecule has 0 saturated heterocycles. The number of benzene rings is 6. The van der Waals surface area contributed by atoms with Crippen molar-refractivity contribution in [1.29, 1.82) is 0 Å². The van der Waals surface area contributed by atoms with Gasteiger partial charge in [-0.1, -0.05) is 123 Å². The summed E-state index contributed by atoms with van der Waals surface area (Å²) in [7, 11) is 0. The third kappa shape index (κ3) is 3.46. The summed E-state index contributed by atoms with van der Waals surface area (Å²) in [4.78, 5) is 5.70. The van der Waals surface area contributed by atoms with Crippen LogP contribution in [0.1, 0.15) is 49.3 Å². The van der Waals surface area contributed by atoms with E-state index < -0.39 is 0 Å². The van der Waals surface area contributed by atoms with E-state index in [1.807, 2.05) is 23.5 Å². The molecule has 1 heterocycles. The molecule has 1 unspecified atom stereocenters. The Morgan fingerprint density at radius 3 is 1.89 bits per heavy atom. The van der Waals surface area contributed by atoms with Crippen LogP contribution in [0.3, 0.4) is 0 Å². The Labute approximate surface area is 221 Å². The molecule has 36 heavy (non-hydrogen) atoms. The average molecular weight is 501 g/mol. The minimum absolute atomic E-state index is 0.423. The molecule has 0 radical (unpaired) electrons. The van der Waals surface area contributed by atoms with Gasteiger partial charge in [0.1, 0.15) is 0 Å². The topological polar surface area (TPSA) is 0 Å². The highest BCUT2D eigenvalue weighted by Crippen LogP contribution is 2.52. The van der Waals surface area contributed by atoms with Gasteiger partial charge in [-0.3, -0.25) is 0 Å². The van der Waals surface area contributed by atoms with Gasteiger partial charge in [-0.05, 0) is 79.4 Å². The number of fused-ring (bicyclic) bond motifs is 2. The van der Waals surface area contributed by atoms with Crippen LogP contribution in [0.25, 0.3) is 32.3 Å². The molecule has 2 heteroatoms. The van der Waals surface area contributed by atoms with E-state index in [1.165, 1.54) is 68.6 Å².